The summed E-state index contributed by atoms with van der Waals surface area (Å²) in [7, 11) is 0. The molecule has 0 spiro atoms. The van der Waals surface area contributed by atoms with Gasteiger partial charge >= 0.3 is 0 Å². The Kier molecular flexibility index (Phi) is 9.33. The Morgan fingerprint density at radius 2 is 1.91 bits per heavy atom. The number of likely N-dealkylation sites (tertiary alicyclic amines) is 1. The van der Waals surface area contributed by atoms with Crippen molar-refractivity contribution in [3.8, 4) is 11.8 Å². The van der Waals surface area contributed by atoms with E-state index in [2.05, 4.69) is 29.0 Å². The second-order valence-electron chi connectivity index (χ2n) is 5.91. The van der Waals surface area contributed by atoms with Crippen LogP contribution in [-0.4, -0.2) is 48.6 Å². The zero-order chi connectivity index (χ0) is 16.2. The van der Waals surface area contributed by atoms with Gasteiger partial charge in [0, 0.05) is 18.9 Å². The number of piperidine rings is 1. The Morgan fingerprint density at radius 1 is 1.27 bits per heavy atom. The molecule has 2 aliphatic rings. The van der Waals surface area contributed by atoms with Gasteiger partial charge in [-0.2, -0.15) is 0 Å². The smallest absolute Gasteiger partial charge is 0.290 e. The van der Waals surface area contributed by atoms with Crippen molar-refractivity contribution in [2.24, 2.45) is 11.8 Å². The number of nitrogens with one attached hydrogen (secondary N) is 1. The molecule has 22 heavy (non-hydrogen) atoms. The van der Waals surface area contributed by atoms with Gasteiger partial charge in [0.05, 0.1) is 6.54 Å². The summed E-state index contributed by atoms with van der Waals surface area (Å²) in [5.41, 5.74) is 0. The molecule has 1 amide bonds. The van der Waals surface area contributed by atoms with E-state index in [4.69, 9.17) is 9.90 Å². The van der Waals surface area contributed by atoms with Crippen LogP contribution in [0.3, 0.4) is 0 Å². The van der Waals surface area contributed by atoms with Crippen LogP contribution in [0.15, 0.2) is 0 Å². The highest BCUT2D eigenvalue weighted by atomic mass is 16.3. The van der Waals surface area contributed by atoms with Gasteiger partial charge in [-0.05, 0) is 44.7 Å². The van der Waals surface area contributed by atoms with Gasteiger partial charge < -0.3 is 10.4 Å². The molecule has 0 bridgehead atoms. The van der Waals surface area contributed by atoms with E-state index in [1.807, 2.05) is 0 Å². The molecule has 1 heterocycles. The first-order valence-electron chi connectivity index (χ1n) is 8.24. The summed E-state index contributed by atoms with van der Waals surface area (Å²) < 4.78 is 0. The largest absolute Gasteiger partial charge is 0.483 e. The summed E-state index contributed by atoms with van der Waals surface area (Å²) in [6, 6.07) is 0. The van der Waals surface area contributed by atoms with Crippen LogP contribution in [0.25, 0.3) is 0 Å². The highest BCUT2D eigenvalue weighted by Crippen LogP contribution is 2.26. The number of rotatable bonds is 4. The number of nitrogens with zero attached hydrogens (tertiary/aromatic N) is 1. The molecule has 0 aromatic rings. The van der Waals surface area contributed by atoms with Crippen LogP contribution in [0, 0.1) is 23.7 Å². The lowest BCUT2D eigenvalue weighted by atomic mass is 9.84. The summed E-state index contributed by atoms with van der Waals surface area (Å²) >= 11 is 0. The second-order valence-corrected chi connectivity index (χ2v) is 5.91. The zero-order valence-corrected chi connectivity index (χ0v) is 13.5. The molecule has 2 N–H and O–H groups in total. The number of carbonyl (C=O) groups is 2. The van der Waals surface area contributed by atoms with Crippen LogP contribution in [0.5, 0.6) is 0 Å². The Morgan fingerprint density at radius 3 is 2.41 bits per heavy atom. The Balaban J connectivity index is 0.000000745. The van der Waals surface area contributed by atoms with Gasteiger partial charge in [-0.3, -0.25) is 14.5 Å². The van der Waals surface area contributed by atoms with Crippen molar-refractivity contribution >= 4 is 12.4 Å². The Hall–Kier alpha value is -1.54. The third-order valence-corrected chi connectivity index (χ3v) is 4.35. The van der Waals surface area contributed by atoms with Gasteiger partial charge in [0.25, 0.3) is 6.47 Å². The zero-order valence-electron chi connectivity index (χ0n) is 13.5. The van der Waals surface area contributed by atoms with E-state index in [9.17, 15) is 4.79 Å². The van der Waals surface area contributed by atoms with E-state index >= 15 is 0 Å². The molecule has 5 nitrogen and oxygen atoms in total. The molecule has 0 atom stereocenters. The lowest BCUT2D eigenvalue weighted by Gasteiger charge is -2.31. The summed E-state index contributed by atoms with van der Waals surface area (Å²) in [4.78, 5) is 22.6. The van der Waals surface area contributed by atoms with Crippen LogP contribution in [0.1, 0.15) is 45.4 Å². The first-order chi connectivity index (χ1) is 10.7. The third kappa shape index (κ3) is 6.95. The predicted octanol–water partition coefficient (Wildman–Crippen LogP) is 1.73. The van der Waals surface area contributed by atoms with Crippen molar-refractivity contribution in [2.45, 2.75) is 45.4 Å². The molecule has 2 rings (SSSR count). The van der Waals surface area contributed by atoms with Crippen molar-refractivity contribution in [3.63, 3.8) is 0 Å². The van der Waals surface area contributed by atoms with Crippen LogP contribution in [0.4, 0.5) is 0 Å². The third-order valence-electron chi connectivity index (χ3n) is 4.35. The molecule has 0 unspecified atom stereocenters. The van der Waals surface area contributed by atoms with Gasteiger partial charge in [0.15, 0.2) is 0 Å². The van der Waals surface area contributed by atoms with Gasteiger partial charge in [0.1, 0.15) is 0 Å². The molecule has 0 aromatic heterocycles. The van der Waals surface area contributed by atoms with Crippen LogP contribution < -0.4 is 5.32 Å². The summed E-state index contributed by atoms with van der Waals surface area (Å²) in [5.74, 6) is 7.61. The number of carbonyl (C=O) groups excluding carboxylic acids is 1. The lowest BCUT2D eigenvalue weighted by molar-refractivity contribution is -0.127. The van der Waals surface area contributed by atoms with E-state index in [-0.39, 0.29) is 6.47 Å². The van der Waals surface area contributed by atoms with E-state index in [0.717, 1.165) is 45.4 Å². The Bertz CT molecular complexity index is 388. The normalized spacial score (nSPS) is 19.0. The predicted molar refractivity (Wildman–Crippen MR) is 86.3 cm³/mol. The van der Waals surface area contributed by atoms with E-state index in [0.29, 0.717) is 17.7 Å². The molecule has 1 saturated carbocycles. The standard InChI is InChI=1S/C16H26N2O.CH2O2/c1-2-3-4-10-18-11-8-14(9-12-18)13-17-16(19)15-6-5-7-15;2-1-3/h14-15H,2,5-13H2,1H3,(H,17,19);1H,(H,2,3). The maximum atomic E-state index is 11.8. The fourth-order valence-electron chi connectivity index (χ4n) is 2.70. The van der Waals surface area contributed by atoms with Crippen molar-refractivity contribution in [2.75, 3.05) is 26.2 Å². The minimum absolute atomic E-state index is 0.250. The molecular formula is C17H28N2O3. The van der Waals surface area contributed by atoms with Crippen LogP contribution in [-0.2, 0) is 9.59 Å². The van der Waals surface area contributed by atoms with E-state index in [1.54, 1.807) is 0 Å². The lowest BCUT2D eigenvalue weighted by Crippen LogP contribution is -2.41. The molecule has 0 radical (unpaired) electrons. The molecule has 124 valence electrons. The van der Waals surface area contributed by atoms with E-state index in [1.165, 1.54) is 19.3 Å². The first-order valence-corrected chi connectivity index (χ1v) is 8.24. The minimum Gasteiger partial charge on any atom is -0.483 e. The number of amides is 1. The van der Waals surface area contributed by atoms with Gasteiger partial charge in [-0.15, -0.1) is 5.92 Å². The Labute approximate surface area is 133 Å². The molecule has 1 aliphatic carbocycles. The fourth-order valence-corrected chi connectivity index (χ4v) is 2.70. The molecule has 1 saturated heterocycles. The van der Waals surface area contributed by atoms with Crippen molar-refractivity contribution in [1.82, 2.24) is 10.2 Å². The molecule has 2 fully saturated rings. The second kappa shape index (κ2) is 11.1. The van der Waals surface area contributed by atoms with Crippen LogP contribution >= 0.6 is 0 Å². The van der Waals surface area contributed by atoms with Crippen molar-refractivity contribution < 1.29 is 14.7 Å². The topological polar surface area (TPSA) is 69.6 Å². The molecule has 1 aliphatic heterocycles. The van der Waals surface area contributed by atoms with Crippen molar-refractivity contribution in [1.29, 1.82) is 0 Å². The fraction of sp³-hybridized carbons (Fsp3) is 0.765. The van der Waals surface area contributed by atoms with Crippen LogP contribution in [0.2, 0.25) is 0 Å². The first kappa shape index (κ1) is 18.5. The SMILES string of the molecule is CCC#CCN1CCC(CNC(=O)C2CCC2)CC1.O=CO. The van der Waals surface area contributed by atoms with Crippen molar-refractivity contribution in [3.05, 3.63) is 0 Å². The summed E-state index contributed by atoms with van der Waals surface area (Å²) in [6.45, 7) is 5.88. The highest BCUT2D eigenvalue weighted by molar-refractivity contribution is 5.79. The summed E-state index contributed by atoms with van der Waals surface area (Å²) in [5, 5.41) is 10.0. The monoisotopic (exact) mass is 308 g/mol. The maximum Gasteiger partial charge on any atom is 0.290 e. The average molecular weight is 308 g/mol. The average Bonchev–Trinajstić information content (AvgIpc) is 2.46. The van der Waals surface area contributed by atoms with Gasteiger partial charge in [-0.25, -0.2) is 0 Å². The summed E-state index contributed by atoms with van der Waals surface area (Å²) in [6.07, 6.45) is 6.76. The quantitative estimate of drug-likeness (QED) is 0.613. The highest BCUT2D eigenvalue weighted by Gasteiger charge is 2.26. The molecular weight excluding hydrogens is 280 g/mol. The van der Waals surface area contributed by atoms with Gasteiger partial charge in [-0.1, -0.05) is 19.3 Å². The van der Waals surface area contributed by atoms with Gasteiger partial charge in [0.2, 0.25) is 5.91 Å². The number of carboxylic acid groups (broad SMARTS) is 1. The van der Waals surface area contributed by atoms with E-state index < -0.39 is 0 Å². The number of hydrogen-bond acceptors (Lipinski definition) is 3. The molecule has 0 aromatic carbocycles. The minimum atomic E-state index is -0.250. The number of hydrogen-bond donors (Lipinski definition) is 2. The maximum absolute atomic E-state index is 11.8. The molecule has 5 heteroatoms.